The van der Waals surface area contributed by atoms with Crippen LogP contribution in [0.15, 0.2) is 29.1 Å². The number of fused-ring (bicyclic) bond motifs is 1. The van der Waals surface area contributed by atoms with Gasteiger partial charge in [-0.3, -0.25) is 9.69 Å². The summed E-state index contributed by atoms with van der Waals surface area (Å²) in [4.78, 5) is 40.8. The molecule has 3 rings (SSSR count). The summed E-state index contributed by atoms with van der Waals surface area (Å²) >= 11 is 0. The third kappa shape index (κ3) is 2.16. The van der Waals surface area contributed by atoms with Crippen molar-refractivity contribution in [3.63, 3.8) is 0 Å². The number of Topliss-reactive ketones (excluding diaryl/α,β-unsaturated/α-hetero) is 1. The Bertz CT molecular complexity index is 786. The largest absolute Gasteiger partial charge is 0.365 e. The molecule has 0 aliphatic carbocycles. The number of nitrogens with zero attached hydrogens (tertiary/aromatic N) is 4. The fourth-order valence-corrected chi connectivity index (χ4v) is 2.36. The predicted molar refractivity (Wildman–Crippen MR) is 75.3 cm³/mol. The van der Waals surface area contributed by atoms with E-state index in [0.29, 0.717) is 5.82 Å². The van der Waals surface area contributed by atoms with Crippen molar-refractivity contribution in [2.24, 2.45) is 0 Å². The van der Waals surface area contributed by atoms with Crippen molar-refractivity contribution in [3.8, 4) is 0 Å². The number of anilines is 1. The zero-order valence-corrected chi connectivity index (χ0v) is 11.7. The van der Waals surface area contributed by atoms with E-state index in [0.717, 1.165) is 15.9 Å². The molecule has 7 nitrogen and oxygen atoms in total. The highest BCUT2D eigenvalue weighted by Crippen LogP contribution is 2.23. The van der Waals surface area contributed by atoms with Crippen molar-refractivity contribution in [3.05, 3.63) is 46.1 Å². The van der Waals surface area contributed by atoms with Gasteiger partial charge in [-0.15, -0.1) is 0 Å². The first-order valence-electron chi connectivity index (χ1n) is 6.54. The van der Waals surface area contributed by atoms with Gasteiger partial charge in [0, 0.05) is 5.69 Å². The van der Waals surface area contributed by atoms with Crippen LogP contribution in [0.3, 0.4) is 0 Å². The van der Waals surface area contributed by atoms with Crippen LogP contribution in [0.4, 0.5) is 10.5 Å². The Labute approximate surface area is 120 Å². The fraction of sp³-hybridized carbons (Fsp3) is 0.286. The number of aryl methyl sites for hydroxylation is 1. The van der Waals surface area contributed by atoms with Crippen LogP contribution < -0.4 is 10.6 Å². The van der Waals surface area contributed by atoms with Gasteiger partial charge >= 0.3 is 11.7 Å². The van der Waals surface area contributed by atoms with Gasteiger partial charge in [0.1, 0.15) is 6.54 Å². The van der Waals surface area contributed by atoms with Gasteiger partial charge in [-0.1, -0.05) is 17.7 Å². The summed E-state index contributed by atoms with van der Waals surface area (Å²) in [5, 5.41) is 0. The van der Waals surface area contributed by atoms with Crippen LogP contribution in [0.5, 0.6) is 0 Å². The Morgan fingerprint density at radius 2 is 1.90 bits per heavy atom. The molecule has 0 radical (unpaired) electrons. The minimum absolute atomic E-state index is 0.153. The second-order valence-electron chi connectivity index (χ2n) is 5.09. The number of amides is 1. The van der Waals surface area contributed by atoms with Gasteiger partial charge in [0.2, 0.25) is 0 Å². The molecule has 0 saturated heterocycles. The number of hydrogen-bond donors (Lipinski definition) is 0. The normalized spacial score (nSPS) is 13.6. The lowest BCUT2D eigenvalue weighted by Gasteiger charge is -2.15. The van der Waals surface area contributed by atoms with E-state index < -0.39 is 5.69 Å². The summed E-state index contributed by atoms with van der Waals surface area (Å²) in [5.41, 5.74) is 1.26. The molecule has 1 aromatic heterocycles. The van der Waals surface area contributed by atoms with Crippen molar-refractivity contribution < 1.29 is 9.59 Å². The van der Waals surface area contributed by atoms with E-state index in [1.165, 1.54) is 16.5 Å². The molecule has 0 unspecified atom stereocenters. The van der Waals surface area contributed by atoms with Gasteiger partial charge in [0.15, 0.2) is 11.6 Å². The summed E-state index contributed by atoms with van der Waals surface area (Å²) in [5.74, 6) is 0.146. The van der Waals surface area contributed by atoms with Crippen molar-refractivity contribution in [2.75, 3.05) is 4.90 Å². The SMILES string of the molecule is CC(=O)Cn1c(=O)nc2n1C(=O)N(c1ccc(C)cc1)C2. The molecule has 21 heavy (non-hydrogen) atoms. The molecular weight excluding hydrogens is 272 g/mol. The lowest BCUT2D eigenvalue weighted by Crippen LogP contribution is -2.35. The first-order valence-corrected chi connectivity index (χ1v) is 6.54. The van der Waals surface area contributed by atoms with Gasteiger partial charge in [0.05, 0.1) is 6.54 Å². The van der Waals surface area contributed by atoms with Gasteiger partial charge < -0.3 is 0 Å². The second kappa shape index (κ2) is 4.69. The minimum atomic E-state index is -0.572. The third-order valence-electron chi connectivity index (χ3n) is 3.36. The van der Waals surface area contributed by atoms with E-state index >= 15 is 0 Å². The first kappa shape index (κ1) is 13.3. The molecule has 1 aromatic carbocycles. The van der Waals surface area contributed by atoms with Gasteiger partial charge in [-0.05, 0) is 26.0 Å². The Morgan fingerprint density at radius 1 is 1.24 bits per heavy atom. The molecular formula is C14H14N4O3. The second-order valence-corrected chi connectivity index (χ2v) is 5.09. The van der Waals surface area contributed by atoms with Crippen LogP contribution in [0.2, 0.25) is 0 Å². The van der Waals surface area contributed by atoms with Gasteiger partial charge in [0.25, 0.3) is 0 Å². The van der Waals surface area contributed by atoms with Gasteiger partial charge in [-0.25, -0.2) is 14.3 Å². The molecule has 0 saturated carbocycles. The van der Waals surface area contributed by atoms with E-state index in [9.17, 15) is 14.4 Å². The molecule has 1 aliphatic rings. The molecule has 1 aliphatic heterocycles. The highest BCUT2D eigenvalue weighted by Gasteiger charge is 2.33. The maximum absolute atomic E-state index is 12.5. The molecule has 0 fully saturated rings. The Balaban J connectivity index is 2.00. The summed E-state index contributed by atoms with van der Waals surface area (Å²) in [6, 6.07) is 7.13. The quantitative estimate of drug-likeness (QED) is 0.841. The van der Waals surface area contributed by atoms with E-state index in [2.05, 4.69) is 4.98 Å². The molecule has 7 heteroatoms. The summed E-state index contributed by atoms with van der Waals surface area (Å²) in [7, 11) is 0. The topological polar surface area (TPSA) is 77.2 Å². The first-order chi connectivity index (χ1) is 9.97. The third-order valence-corrected chi connectivity index (χ3v) is 3.36. The van der Waals surface area contributed by atoms with E-state index in [-0.39, 0.29) is 24.9 Å². The summed E-state index contributed by atoms with van der Waals surface area (Å²) in [6.07, 6.45) is 0. The summed E-state index contributed by atoms with van der Waals surface area (Å²) in [6.45, 7) is 3.40. The zero-order valence-electron chi connectivity index (χ0n) is 11.7. The molecule has 0 atom stereocenters. The number of aromatic nitrogens is 3. The Morgan fingerprint density at radius 3 is 2.52 bits per heavy atom. The minimum Gasteiger partial charge on any atom is -0.298 e. The molecule has 2 heterocycles. The average molecular weight is 286 g/mol. The molecule has 0 bridgehead atoms. The van der Waals surface area contributed by atoms with Crippen molar-refractivity contribution in [1.82, 2.24) is 14.3 Å². The maximum Gasteiger partial charge on any atom is 0.365 e. The van der Waals surface area contributed by atoms with Crippen LogP contribution in [-0.2, 0) is 17.9 Å². The number of rotatable bonds is 3. The molecule has 2 aromatic rings. The van der Waals surface area contributed by atoms with Crippen LogP contribution in [-0.4, -0.2) is 26.2 Å². The molecule has 1 amide bonds. The number of hydrogen-bond acceptors (Lipinski definition) is 4. The monoisotopic (exact) mass is 286 g/mol. The maximum atomic E-state index is 12.5. The highest BCUT2D eigenvalue weighted by atomic mass is 16.2. The van der Waals surface area contributed by atoms with Crippen LogP contribution in [0, 0.1) is 6.92 Å². The van der Waals surface area contributed by atoms with E-state index in [4.69, 9.17) is 0 Å². The van der Waals surface area contributed by atoms with E-state index in [1.54, 1.807) is 0 Å². The average Bonchev–Trinajstić information content (AvgIpc) is 2.89. The number of benzene rings is 1. The number of carbonyl (C=O) groups is 2. The lowest BCUT2D eigenvalue weighted by atomic mass is 10.2. The predicted octanol–water partition coefficient (Wildman–Crippen LogP) is 0.931. The fourth-order valence-electron chi connectivity index (χ4n) is 2.36. The molecule has 0 N–H and O–H groups in total. The Hall–Kier alpha value is -2.70. The highest BCUT2D eigenvalue weighted by molar-refractivity contribution is 5.95. The van der Waals surface area contributed by atoms with E-state index in [1.807, 2.05) is 31.2 Å². The van der Waals surface area contributed by atoms with Crippen LogP contribution in [0.1, 0.15) is 18.3 Å². The Kier molecular flexibility index (Phi) is 2.97. The molecule has 0 spiro atoms. The zero-order chi connectivity index (χ0) is 15.1. The standard InChI is InChI=1S/C14H14N4O3/c1-9-3-5-11(6-4-9)16-8-12-15-13(20)17(7-10(2)19)18(12)14(16)21/h3-6H,7-8H2,1-2H3. The van der Waals surface area contributed by atoms with Crippen LogP contribution in [0.25, 0.3) is 0 Å². The van der Waals surface area contributed by atoms with Crippen molar-refractivity contribution in [2.45, 2.75) is 26.9 Å². The number of ketones is 1. The van der Waals surface area contributed by atoms with Crippen molar-refractivity contribution in [1.29, 1.82) is 0 Å². The smallest absolute Gasteiger partial charge is 0.298 e. The lowest BCUT2D eigenvalue weighted by molar-refractivity contribution is -0.117. The van der Waals surface area contributed by atoms with Gasteiger partial charge in [-0.2, -0.15) is 9.67 Å². The number of carbonyl (C=O) groups excluding carboxylic acids is 2. The summed E-state index contributed by atoms with van der Waals surface area (Å²) < 4.78 is 2.26. The molecule has 108 valence electrons. The van der Waals surface area contributed by atoms with Crippen molar-refractivity contribution >= 4 is 17.5 Å². The van der Waals surface area contributed by atoms with Crippen LogP contribution >= 0.6 is 0 Å².